The first-order valence-electron chi connectivity index (χ1n) is 11.1. The Kier molecular flexibility index (Phi) is 10.7. The third-order valence-corrected chi connectivity index (χ3v) is 7.35. The second-order valence-electron chi connectivity index (χ2n) is 8.17. The SMILES string of the molecule is CCCNC(=O)[C@H](CC)N(Cc1ccc(Cl)cc1Cl)C(=O)CN(c1ccc(Cl)cc1C)S(C)(=O)=O. The monoisotopic (exact) mass is 561 g/mol. The molecule has 0 radical (unpaired) electrons. The van der Waals surface area contributed by atoms with Crippen LogP contribution in [0.15, 0.2) is 36.4 Å². The van der Waals surface area contributed by atoms with Crippen molar-refractivity contribution in [2.75, 3.05) is 23.7 Å². The Bertz CT molecular complexity index is 1170. The minimum absolute atomic E-state index is 0.00406. The second-order valence-corrected chi connectivity index (χ2v) is 11.4. The largest absolute Gasteiger partial charge is 0.354 e. The van der Waals surface area contributed by atoms with Crippen LogP contribution in [0.25, 0.3) is 0 Å². The summed E-state index contributed by atoms with van der Waals surface area (Å²) >= 11 is 18.4. The number of carbonyl (C=O) groups is 2. The molecule has 0 aliphatic rings. The summed E-state index contributed by atoms with van der Waals surface area (Å²) in [4.78, 5) is 28.0. The van der Waals surface area contributed by atoms with Gasteiger partial charge in [0.05, 0.1) is 11.9 Å². The van der Waals surface area contributed by atoms with E-state index in [1.54, 1.807) is 50.2 Å². The normalized spacial score (nSPS) is 12.2. The maximum Gasteiger partial charge on any atom is 0.244 e. The van der Waals surface area contributed by atoms with Gasteiger partial charge in [-0.3, -0.25) is 13.9 Å². The van der Waals surface area contributed by atoms with Crippen molar-refractivity contribution in [2.24, 2.45) is 0 Å². The van der Waals surface area contributed by atoms with Gasteiger partial charge in [-0.1, -0.05) is 54.7 Å². The molecule has 7 nitrogen and oxygen atoms in total. The molecule has 0 aliphatic heterocycles. The molecular weight excluding hydrogens is 533 g/mol. The zero-order valence-electron chi connectivity index (χ0n) is 20.1. The third kappa shape index (κ3) is 8.00. The summed E-state index contributed by atoms with van der Waals surface area (Å²) < 4.78 is 26.4. The van der Waals surface area contributed by atoms with Gasteiger partial charge < -0.3 is 10.2 Å². The van der Waals surface area contributed by atoms with E-state index in [4.69, 9.17) is 34.8 Å². The molecule has 0 fully saturated rings. The number of benzene rings is 2. The van der Waals surface area contributed by atoms with E-state index in [1.807, 2.05) is 6.92 Å². The molecule has 0 aliphatic carbocycles. The van der Waals surface area contributed by atoms with Crippen LogP contribution < -0.4 is 9.62 Å². The highest BCUT2D eigenvalue weighted by molar-refractivity contribution is 7.92. The maximum absolute atomic E-state index is 13.7. The van der Waals surface area contributed by atoms with Gasteiger partial charge in [0.15, 0.2) is 0 Å². The van der Waals surface area contributed by atoms with E-state index >= 15 is 0 Å². The van der Waals surface area contributed by atoms with Gasteiger partial charge in [-0.05, 0) is 61.2 Å². The molecule has 2 aromatic carbocycles. The number of hydrogen-bond donors (Lipinski definition) is 1. The lowest BCUT2D eigenvalue weighted by molar-refractivity contribution is -0.140. The number of carbonyl (C=O) groups excluding carboxylic acids is 2. The average molecular weight is 563 g/mol. The van der Waals surface area contributed by atoms with E-state index in [9.17, 15) is 18.0 Å². The fourth-order valence-electron chi connectivity index (χ4n) is 3.61. The smallest absolute Gasteiger partial charge is 0.244 e. The predicted octanol–water partition coefficient (Wildman–Crippen LogP) is 5.05. The fraction of sp³-hybridized carbons (Fsp3) is 0.417. The van der Waals surface area contributed by atoms with Crippen molar-refractivity contribution < 1.29 is 18.0 Å². The lowest BCUT2D eigenvalue weighted by Gasteiger charge is -2.33. The number of sulfonamides is 1. The van der Waals surface area contributed by atoms with Crippen molar-refractivity contribution in [3.63, 3.8) is 0 Å². The number of aryl methyl sites for hydroxylation is 1. The van der Waals surface area contributed by atoms with E-state index in [0.717, 1.165) is 17.0 Å². The first-order valence-corrected chi connectivity index (χ1v) is 14.1. The van der Waals surface area contributed by atoms with Gasteiger partial charge in [0.1, 0.15) is 12.6 Å². The number of nitrogens with one attached hydrogen (secondary N) is 1. The molecule has 2 rings (SSSR count). The zero-order chi connectivity index (χ0) is 26.3. The minimum Gasteiger partial charge on any atom is -0.354 e. The number of nitrogens with zero attached hydrogens (tertiary/aromatic N) is 2. The molecule has 2 amide bonds. The molecule has 192 valence electrons. The highest BCUT2D eigenvalue weighted by atomic mass is 35.5. The van der Waals surface area contributed by atoms with Crippen LogP contribution in [-0.4, -0.2) is 50.5 Å². The second kappa shape index (κ2) is 12.8. The molecule has 0 unspecified atom stereocenters. The maximum atomic E-state index is 13.7. The van der Waals surface area contributed by atoms with Crippen molar-refractivity contribution in [3.8, 4) is 0 Å². The molecule has 0 bridgehead atoms. The lowest BCUT2D eigenvalue weighted by atomic mass is 10.1. The number of hydrogen-bond acceptors (Lipinski definition) is 4. The third-order valence-electron chi connectivity index (χ3n) is 5.40. The number of amides is 2. The Labute approximate surface area is 222 Å². The zero-order valence-corrected chi connectivity index (χ0v) is 23.2. The number of anilines is 1. The van der Waals surface area contributed by atoms with E-state index in [-0.39, 0.29) is 12.5 Å². The van der Waals surface area contributed by atoms with Crippen LogP contribution in [0.5, 0.6) is 0 Å². The van der Waals surface area contributed by atoms with Gasteiger partial charge in [0, 0.05) is 28.2 Å². The van der Waals surface area contributed by atoms with Gasteiger partial charge in [0.2, 0.25) is 21.8 Å². The first-order chi connectivity index (χ1) is 16.4. The standard InChI is InChI=1S/C24H30Cl3N3O4S/c1-5-11-28-24(32)21(6-2)29(14-17-7-8-19(26)13-20(17)27)23(31)15-30(35(4,33)34)22-10-9-18(25)12-16(22)3/h7-10,12-13,21H,5-6,11,14-15H2,1-4H3,(H,28,32)/t21-/m0/s1. The van der Waals surface area contributed by atoms with E-state index in [0.29, 0.717) is 44.8 Å². The average Bonchev–Trinajstić information content (AvgIpc) is 2.77. The Morgan fingerprint density at radius 1 is 1.03 bits per heavy atom. The summed E-state index contributed by atoms with van der Waals surface area (Å²) in [5.41, 5.74) is 1.51. The Morgan fingerprint density at radius 3 is 2.20 bits per heavy atom. The van der Waals surface area contributed by atoms with Crippen LogP contribution in [0.3, 0.4) is 0 Å². The molecule has 0 heterocycles. The molecule has 2 aromatic rings. The molecule has 1 N–H and O–H groups in total. The Morgan fingerprint density at radius 2 is 1.66 bits per heavy atom. The molecule has 0 aromatic heterocycles. The number of rotatable bonds is 11. The topological polar surface area (TPSA) is 86.8 Å². The fourth-order valence-corrected chi connectivity index (χ4v) is 5.21. The quantitative estimate of drug-likeness (QED) is 0.415. The summed E-state index contributed by atoms with van der Waals surface area (Å²) in [7, 11) is -3.84. The summed E-state index contributed by atoms with van der Waals surface area (Å²) in [5, 5.41) is 4.05. The Balaban J connectivity index is 2.49. The molecule has 0 saturated carbocycles. The van der Waals surface area contributed by atoms with Gasteiger partial charge in [-0.15, -0.1) is 0 Å². The van der Waals surface area contributed by atoms with E-state index < -0.39 is 28.5 Å². The van der Waals surface area contributed by atoms with Crippen LogP contribution in [0.4, 0.5) is 5.69 Å². The molecule has 0 spiro atoms. The van der Waals surface area contributed by atoms with Crippen LogP contribution in [0.1, 0.15) is 37.8 Å². The van der Waals surface area contributed by atoms with Gasteiger partial charge >= 0.3 is 0 Å². The summed E-state index contributed by atoms with van der Waals surface area (Å²) in [6.07, 6.45) is 2.09. The van der Waals surface area contributed by atoms with Crippen molar-refractivity contribution in [2.45, 2.75) is 46.2 Å². The molecule has 1 atom stereocenters. The lowest BCUT2D eigenvalue weighted by Crippen LogP contribution is -2.52. The highest BCUT2D eigenvalue weighted by Crippen LogP contribution is 2.27. The van der Waals surface area contributed by atoms with Crippen LogP contribution in [0, 0.1) is 6.92 Å². The van der Waals surface area contributed by atoms with Crippen LogP contribution >= 0.6 is 34.8 Å². The van der Waals surface area contributed by atoms with Crippen molar-refractivity contribution in [3.05, 3.63) is 62.6 Å². The van der Waals surface area contributed by atoms with Crippen molar-refractivity contribution in [1.82, 2.24) is 10.2 Å². The van der Waals surface area contributed by atoms with Crippen LogP contribution in [0.2, 0.25) is 15.1 Å². The van der Waals surface area contributed by atoms with E-state index in [1.165, 1.54) is 4.90 Å². The molecule has 35 heavy (non-hydrogen) atoms. The van der Waals surface area contributed by atoms with Gasteiger partial charge in [-0.2, -0.15) is 0 Å². The Hall–Kier alpha value is -2.00. The summed E-state index contributed by atoms with van der Waals surface area (Å²) in [6.45, 7) is 5.39. The van der Waals surface area contributed by atoms with E-state index in [2.05, 4.69) is 5.32 Å². The first kappa shape index (κ1) is 29.2. The molecular formula is C24H30Cl3N3O4S. The molecule has 0 saturated heterocycles. The predicted molar refractivity (Wildman–Crippen MR) is 143 cm³/mol. The number of halogens is 3. The van der Waals surface area contributed by atoms with Crippen molar-refractivity contribution in [1.29, 1.82) is 0 Å². The van der Waals surface area contributed by atoms with Crippen LogP contribution in [-0.2, 0) is 26.2 Å². The summed E-state index contributed by atoms with van der Waals surface area (Å²) in [5.74, 6) is -0.865. The van der Waals surface area contributed by atoms with Gasteiger partial charge in [0.25, 0.3) is 0 Å². The van der Waals surface area contributed by atoms with Gasteiger partial charge in [-0.25, -0.2) is 8.42 Å². The minimum atomic E-state index is -3.84. The summed E-state index contributed by atoms with van der Waals surface area (Å²) in [6, 6.07) is 8.79. The highest BCUT2D eigenvalue weighted by Gasteiger charge is 2.32. The van der Waals surface area contributed by atoms with Crippen molar-refractivity contribution >= 4 is 62.3 Å². The molecule has 11 heteroatoms.